The number of allylic oxidation sites excluding steroid dienone is 1. The van der Waals surface area contributed by atoms with Crippen LogP contribution in [0.2, 0.25) is 0 Å². The molecule has 1 atom stereocenters. The SMILES string of the molecule is CC1=C(C(=O)Nc2ccccc2C)C(c2ccc(C)o2)n2c(sc(=Cc3c(C)nn(-c4ccccc4)c3C)c2=O)=N1. The summed E-state index contributed by atoms with van der Waals surface area (Å²) in [6, 6.07) is 20.3. The van der Waals surface area contributed by atoms with Crippen LogP contribution >= 0.6 is 11.3 Å². The van der Waals surface area contributed by atoms with Crippen molar-refractivity contribution in [2.75, 3.05) is 5.32 Å². The largest absolute Gasteiger partial charge is 0.464 e. The average Bonchev–Trinajstić information content (AvgIpc) is 3.61. The Bertz CT molecular complexity index is 2020. The highest BCUT2D eigenvalue weighted by Gasteiger charge is 2.34. The predicted molar refractivity (Wildman–Crippen MR) is 160 cm³/mol. The van der Waals surface area contributed by atoms with Gasteiger partial charge in [-0.25, -0.2) is 9.67 Å². The van der Waals surface area contributed by atoms with Crippen LogP contribution in [0.1, 0.15) is 47.0 Å². The number of nitrogens with one attached hydrogen (secondary N) is 1. The van der Waals surface area contributed by atoms with Gasteiger partial charge in [-0.3, -0.25) is 14.2 Å². The summed E-state index contributed by atoms with van der Waals surface area (Å²) in [6.07, 6.45) is 1.87. The van der Waals surface area contributed by atoms with Crippen molar-refractivity contribution < 1.29 is 9.21 Å². The molecule has 4 heterocycles. The normalized spacial score (nSPS) is 15.1. The van der Waals surface area contributed by atoms with E-state index in [1.54, 1.807) is 11.5 Å². The van der Waals surface area contributed by atoms with Crippen LogP contribution in [0.25, 0.3) is 11.8 Å². The van der Waals surface area contributed by atoms with Crippen LogP contribution < -0.4 is 20.2 Å². The van der Waals surface area contributed by atoms with Gasteiger partial charge in [-0.15, -0.1) is 0 Å². The molecule has 0 saturated heterocycles. The van der Waals surface area contributed by atoms with Crippen LogP contribution in [0.3, 0.4) is 0 Å². The Hall–Kier alpha value is -4.76. The topological polar surface area (TPSA) is 94.4 Å². The van der Waals surface area contributed by atoms with Crippen molar-refractivity contribution >= 4 is 29.0 Å². The number of aryl methyl sites for hydroxylation is 3. The van der Waals surface area contributed by atoms with Gasteiger partial charge in [-0.2, -0.15) is 5.10 Å². The highest BCUT2D eigenvalue weighted by molar-refractivity contribution is 7.07. The standard InChI is InChI=1S/C32H29N5O3S/c1-18-11-9-10-14-25(18)34-30(38)28-21(4)33-32-36(29(28)26-16-15-19(2)40-26)31(39)27(41-32)17-24-20(3)35-37(22(24)5)23-12-7-6-8-13-23/h6-17,29H,1-5H3,(H,34,38). The van der Waals surface area contributed by atoms with Crippen LogP contribution in [-0.4, -0.2) is 20.3 Å². The molecule has 1 aliphatic heterocycles. The number of hydrogen-bond acceptors (Lipinski definition) is 6. The quantitative estimate of drug-likeness (QED) is 0.330. The number of thiazole rings is 1. The van der Waals surface area contributed by atoms with Gasteiger partial charge in [0.05, 0.1) is 27.2 Å². The number of anilines is 1. The summed E-state index contributed by atoms with van der Waals surface area (Å²) in [6.45, 7) is 9.49. The Kier molecular flexibility index (Phi) is 6.67. The lowest BCUT2D eigenvalue weighted by Gasteiger charge is -2.23. The van der Waals surface area contributed by atoms with Gasteiger partial charge in [-0.05, 0) is 76.6 Å². The van der Waals surface area contributed by atoms with E-state index in [2.05, 4.69) is 5.32 Å². The minimum absolute atomic E-state index is 0.243. The molecule has 8 nitrogen and oxygen atoms in total. The average molecular weight is 564 g/mol. The molecule has 3 aromatic heterocycles. The first-order valence-corrected chi connectivity index (χ1v) is 14.1. The van der Waals surface area contributed by atoms with Gasteiger partial charge in [0.1, 0.15) is 17.6 Å². The van der Waals surface area contributed by atoms with Crippen LogP contribution in [0.5, 0.6) is 0 Å². The van der Waals surface area contributed by atoms with E-state index < -0.39 is 6.04 Å². The van der Waals surface area contributed by atoms with E-state index in [1.807, 2.05) is 105 Å². The van der Waals surface area contributed by atoms with E-state index in [-0.39, 0.29) is 11.5 Å². The van der Waals surface area contributed by atoms with Gasteiger partial charge in [0.25, 0.3) is 11.5 Å². The number of hydrogen-bond donors (Lipinski definition) is 1. The first-order chi connectivity index (χ1) is 19.7. The molecule has 0 radical (unpaired) electrons. The Morgan fingerprint density at radius 3 is 2.41 bits per heavy atom. The molecule has 0 bridgehead atoms. The van der Waals surface area contributed by atoms with Gasteiger partial charge in [-0.1, -0.05) is 47.7 Å². The molecule has 1 aliphatic rings. The second-order valence-electron chi connectivity index (χ2n) is 10.1. The number of para-hydroxylation sites is 2. The number of fused-ring (bicyclic) bond motifs is 1. The van der Waals surface area contributed by atoms with Gasteiger partial charge >= 0.3 is 0 Å². The summed E-state index contributed by atoms with van der Waals surface area (Å²) < 4.78 is 9.98. The third-order valence-corrected chi connectivity index (χ3v) is 8.30. The van der Waals surface area contributed by atoms with Gasteiger partial charge in [0.2, 0.25) is 0 Å². The molecular formula is C32H29N5O3S. The number of amides is 1. The lowest BCUT2D eigenvalue weighted by atomic mass is 10.00. The van der Waals surface area contributed by atoms with Crippen molar-refractivity contribution in [1.82, 2.24) is 14.3 Å². The number of furan rings is 1. The zero-order chi connectivity index (χ0) is 28.8. The zero-order valence-electron chi connectivity index (χ0n) is 23.4. The van der Waals surface area contributed by atoms with Crippen LogP contribution in [0.15, 0.2) is 92.2 Å². The molecule has 1 unspecified atom stereocenters. The van der Waals surface area contributed by atoms with Crippen molar-refractivity contribution in [3.05, 3.63) is 132 Å². The molecular weight excluding hydrogens is 534 g/mol. The molecule has 0 spiro atoms. The van der Waals surface area contributed by atoms with E-state index in [9.17, 15) is 9.59 Å². The van der Waals surface area contributed by atoms with E-state index in [0.29, 0.717) is 37.8 Å². The summed E-state index contributed by atoms with van der Waals surface area (Å²) in [4.78, 5) is 33.1. The summed E-state index contributed by atoms with van der Waals surface area (Å²) in [5, 5.41) is 7.75. The van der Waals surface area contributed by atoms with Gasteiger partial charge in [0.15, 0.2) is 4.80 Å². The molecule has 2 aromatic carbocycles. The molecule has 6 rings (SSSR count). The first kappa shape index (κ1) is 26.5. The van der Waals surface area contributed by atoms with Crippen LogP contribution in [0.4, 0.5) is 5.69 Å². The Balaban J connectivity index is 1.49. The number of aromatic nitrogens is 3. The van der Waals surface area contributed by atoms with E-state index >= 15 is 0 Å². The lowest BCUT2D eigenvalue weighted by Crippen LogP contribution is -2.40. The fraction of sp³-hybridized carbons (Fsp3) is 0.188. The molecule has 0 fully saturated rings. The Morgan fingerprint density at radius 2 is 1.71 bits per heavy atom. The maximum absolute atomic E-state index is 14.1. The second kappa shape index (κ2) is 10.3. The van der Waals surface area contributed by atoms with Crippen LogP contribution in [-0.2, 0) is 4.79 Å². The fourth-order valence-corrected chi connectivity index (χ4v) is 6.23. The Morgan fingerprint density at radius 1 is 0.976 bits per heavy atom. The third kappa shape index (κ3) is 4.68. The van der Waals surface area contributed by atoms with Crippen molar-refractivity contribution in [3.63, 3.8) is 0 Å². The molecule has 0 aliphatic carbocycles. The maximum atomic E-state index is 14.1. The summed E-state index contributed by atoms with van der Waals surface area (Å²) >= 11 is 1.29. The minimum Gasteiger partial charge on any atom is -0.464 e. The van der Waals surface area contributed by atoms with E-state index in [0.717, 1.165) is 28.2 Å². The van der Waals surface area contributed by atoms with Crippen molar-refractivity contribution in [3.8, 4) is 5.69 Å². The summed E-state index contributed by atoms with van der Waals surface area (Å²) in [5.74, 6) is 0.864. The molecule has 9 heteroatoms. The minimum atomic E-state index is -0.764. The van der Waals surface area contributed by atoms with Crippen LogP contribution in [0, 0.1) is 27.7 Å². The van der Waals surface area contributed by atoms with E-state index in [4.69, 9.17) is 14.5 Å². The highest BCUT2D eigenvalue weighted by atomic mass is 32.1. The number of nitrogens with zero attached hydrogens (tertiary/aromatic N) is 4. The molecule has 206 valence electrons. The molecule has 41 heavy (non-hydrogen) atoms. The second-order valence-corrected chi connectivity index (χ2v) is 11.1. The number of carbonyl (C=O) groups is 1. The third-order valence-electron chi connectivity index (χ3n) is 7.31. The van der Waals surface area contributed by atoms with Crippen molar-refractivity contribution in [1.29, 1.82) is 0 Å². The highest BCUT2D eigenvalue weighted by Crippen LogP contribution is 2.32. The molecule has 5 aromatic rings. The monoisotopic (exact) mass is 563 g/mol. The number of rotatable bonds is 5. The zero-order valence-corrected chi connectivity index (χ0v) is 24.2. The number of carbonyl (C=O) groups excluding carboxylic acids is 1. The first-order valence-electron chi connectivity index (χ1n) is 13.3. The smallest absolute Gasteiger partial charge is 0.271 e. The van der Waals surface area contributed by atoms with Gasteiger partial charge < -0.3 is 9.73 Å². The van der Waals surface area contributed by atoms with Crippen molar-refractivity contribution in [2.24, 2.45) is 4.99 Å². The molecule has 0 saturated carbocycles. The number of benzene rings is 2. The van der Waals surface area contributed by atoms with E-state index in [1.165, 1.54) is 11.3 Å². The molecule has 1 N–H and O–H groups in total. The fourth-order valence-electron chi connectivity index (χ4n) is 5.20. The summed E-state index contributed by atoms with van der Waals surface area (Å²) in [7, 11) is 0. The Labute approximate surface area is 240 Å². The molecule has 1 amide bonds. The predicted octanol–water partition coefficient (Wildman–Crippen LogP) is 4.89. The van der Waals surface area contributed by atoms with Gasteiger partial charge in [0, 0.05) is 16.9 Å². The summed E-state index contributed by atoms with van der Waals surface area (Å²) in [5.41, 5.74) is 5.85. The van der Waals surface area contributed by atoms with Crippen molar-refractivity contribution in [2.45, 2.75) is 40.7 Å². The maximum Gasteiger partial charge on any atom is 0.271 e. The lowest BCUT2D eigenvalue weighted by molar-refractivity contribution is -0.113.